The molecule has 1 saturated carbocycles. The number of nitrogen functional groups attached to an aromatic ring is 1. The molecule has 1 aliphatic carbocycles. The van der Waals surface area contributed by atoms with Crippen LogP contribution in [0.5, 0.6) is 0 Å². The van der Waals surface area contributed by atoms with Gasteiger partial charge in [-0.1, -0.05) is 38.3 Å². The number of benzene rings is 1. The van der Waals surface area contributed by atoms with Crippen LogP contribution in [0.15, 0.2) is 24.3 Å². The Labute approximate surface area is 117 Å². The Balaban J connectivity index is 1.67. The predicted molar refractivity (Wildman–Crippen MR) is 81.2 cm³/mol. The lowest BCUT2D eigenvalue weighted by Crippen LogP contribution is -2.27. The first-order valence-electron chi connectivity index (χ1n) is 7.75. The molecule has 0 heterocycles. The molecule has 0 bridgehead atoms. The van der Waals surface area contributed by atoms with E-state index < -0.39 is 0 Å². The van der Waals surface area contributed by atoms with Crippen molar-refractivity contribution in [3.05, 3.63) is 29.8 Å². The lowest BCUT2D eigenvalue weighted by Gasteiger charge is -2.30. The lowest BCUT2D eigenvalue weighted by molar-refractivity contribution is -0.0128. The Morgan fingerprint density at radius 2 is 1.89 bits per heavy atom. The van der Waals surface area contributed by atoms with Crippen LogP contribution in [0.2, 0.25) is 0 Å². The molecule has 1 fully saturated rings. The Bertz CT molecular complexity index is 360. The van der Waals surface area contributed by atoms with Crippen LogP contribution in [0.1, 0.15) is 51.0 Å². The summed E-state index contributed by atoms with van der Waals surface area (Å²) < 4.78 is 6.11. The molecule has 2 unspecified atom stereocenters. The molecule has 0 spiro atoms. The van der Waals surface area contributed by atoms with Crippen molar-refractivity contribution in [2.75, 3.05) is 12.3 Å². The van der Waals surface area contributed by atoms with Crippen LogP contribution in [0.4, 0.5) is 5.69 Å². The first-order valence-corrected chi connectivity index (χ1v) is 7.75. The molecular weight excluding hydrogens is 234 g/mol. The third kappa shape index (κ3) is 4.54. The topological polar surface area (TPSA) is 35.2 Å². The fraction of sp³-hybridized carbons (Fsp3) is 0.647. The molecule has 2 N–H and O–H groups in total. The average molecular weight is 261 g/mol. The zero-order valence-corrected chi connectivity index (χ0v) is 12.1. The molecule has 1 aromatic carbocycles. The van der Waals surface area contributed by atoms with Crippen LogP contribution in [0, 0.1) is 5.92 Å². The predicted octanol–water partition coefficient (Wildman–Crippen LogP) is 4.19. The molecule has 0 aliphatic heterocycles. The van der Waals surface area contributed by atoms with E-state index in [4.69, 9.17) is 10.5 Å². The summed E-state index contributed by atoms with van der Waals surface area (Å²) in [6, 6.07) is 8.18. The summed E-state index contributed by atoms with van der Waals surface area (Å²) in [5.41, 5.74) is 7.88. The van der Waals surface area contributed by atoms with Gasteiger partial charge in [0.2, 0.25) is 0 Å². The molecule has 2 rings (SSSR count). The molecule has 1 aromatic rings. The third-order valence-electron chi connectivity index (χ3n) is 4.29. The number of hydrogen-bond donors (Lipinski definition) is 1. The number of rotatable bonds is 6. The summed E-state index contributed by atoms with van der Waals surface area (Å²) in [6.07, 6.45) is 9.34. The van der Waals surface area contributed by atoms with Crippen molar-refractivity contribution in [1.82, 2.24) is 0 Å². The summed E-state index contributed by atoms with van der Waals surface area (Å²) in [5, 5.41) is 0. The second kappa shape index (κ2) is 7.54. The fourth-order valence-corrected chi connectivity index (χ4v) is 3.06. The van der Waals surface area contributed by atoms with Gasteiger partial charge in [-0.2, -0.15) is 0 Å². The van der Waals surface area contributed by atoms with Gasteiger partial charge in [0.25, 0.3) is 0 Å². The normalized spacial score (nSPS) is 23.4. The van der Waals surface area contributed by atoms with Crippen molar-refractivity contribution in [3.63, 3.8) is 0 Å². The number of aryl methyl sites for hydroxylation is 1. The zero-order chi connectivity index (χ0) is 13.5. The average Bonchev–Trinajstić information content (AvgIpc) is 2.46. The first-order chi connectivity index (χ1) is 9.29. The molecule has 0 saturated heterocycles. The molecular formula is C17H27NO. The number of nitrogens with two attached hydrogens (primary N) is 1. The Morgan fingerprint density at radius 1 is 1.16 bits per heavy atom. The van der Waals surface area contributed by atoms with Crippen molar-refractivity contribution in [2.24, 2.45) is 5.92 Å². The van der Waals surface area contributed by atoms with E-state index in [1.807, 2.05) is 12.1 Å². The monoisotopic (exact) mass is 261 g/mol. The van der Waals surface area contributed by atoms with Crippen LogP contribution in [-0.2, 0) is 11.2 Å². The van der Waals surface area contributed by atoms with Crippen molar-refractivity contribution in [2.45, 2.75) is 58.0 Å². The van der Waals surface area contributed by atoms with Crippen molar-refractivity contribution < 1.29 is 4.74 Å². The van der Waals surface area contributed by atoms with E-state index in [0.717, 1.165) is 31.1 Å². The Hall–Kier alpha value is -1.02. The molecule has 1 aliphatic rings. The molecule has 2 atom stereocenters. The largest absolute Gasteiger partial charge is 0.399 e. The maximum atomic E-state index is 6.11. The highest BCUT2D eigenvalue weighted by Crippen LogP contribution is 2.29. The molecule has 2 heteroatoms. The first kappa shape index (κ1) is 14.4. The van der Waals surface area contributed by atoms with Crippen LogP contribution in [-0.4, -0.2) is 12.7 Å². The highest BCUT2D eigenvalue weighted by atomic mass is 16.5. The summed E-state index contributed by atoms with van der Waals surface area (Å²) in [5.74, 6) is 0.797. The zero-order valence-electron chi connectivity index (χ0n) is 12.1. The Kier molecular flexibility index (Phi) is 5.71. The highest BCUT2D eigenvalue weighted by molar-refractivity contribution is 5.39. The molecule has 106 valence electrons. The van der Waals surface area contributed by atoms with Gasteiger partial charge >= 0.3 is 0 Å². The van der Waals surface area contributed by atoms with Crippen LogP contribution < -0.4 is 5.73 Å². The van der Waals surface area contributed by atoms with E-state index in [9.17, 15) is 0 Å². The van der Waals surface area contributed by atoms with Crippen molar-refractivity contribution >= 4 is 5.69 Å². The summed E-state index contributed by atoms with van der Waals surface area (Å²) >= 11 is 0. The van der Waals surface area contributed by atoms with Crippen molar-refractivity contribution in [3.8, 4) is 0 Å². The SMILES string of the molecule is CCC1CCCCC1OCCCc1ccc(N)cc1. The molecule has 0 radical (unpaired) electrons. The van der Waals surface area contributed by atoms with Gasteiger partial charge in [0.1, 0.15) is 0 Å². The van der Waals surface area contributed by atoms with Crippen molar-refractivity contribution in [1.29, 1.82) is 0 Å². The third-order valence-corrected chi connectivity index (χ3v) is 4.29. The van der Waals surface area contributed by atoms with Gasteiger partial charge in [0.05, 0.1) is 6.10 Å². The van der Waals surface area contributed by atoms with E-state index in [-0.39, 0.29) is 0 Å². The number of anilines is 1. The van der Waals surface area contributed by atoms with E-state index in [1.165, 1.54) is 37.7 Å². The maximum Gasteiger partial charge on any atom is 0.0603 e. The summed E-state index contributed by atoms with van der Waals surface area (Å²) in [6.45, 7) is 3.19. The van der Waals surface area contributed by atoms with Gasteiger partial charge in [-0.3, -0.25) is 0 Å². The van der Waals surface area contributed by atoms with E-state index >= 15 is 0 Å². The summed E-state index contributed by atoms with van der Waals surface area (Å²) in [7, 11) is 0. The minimum Gasteiger partial charge on any atom is -0.399 e. The molecule has 2 nitrogen and oxygen atoms in total. The van der Waals surface area contributed by atoms with Gasteiger partial charge in [-0.15, -0.1) is 0 Å². The summed E-state index contributed by atoms with van der Waals surface area (Å²) in [4.78, 5) is 0. The fourth-order valence-electron chi connectivity index (χ4n) is 3.06. The van der Waals surface area contributed by atoms with Crippen LogP contribution in [0.25, 0.3) is 0 Å². The Morgan fingerprint density at radius 3 is 2.63 bits per heavy atom. The van der Waals surface area contributed by atoms with E-state index in [0.29, 0.717) is 6.10 Å². The number of ether oxygens (including phenoxy) is 1. The molecule has 0 amide bonds. The van der Waals surface area contributed by atoms with Gasteiger partial charge in [-0.25, -0.2) is 0 Å². The second-order valence-electron chi connectivity index (χ2n) is 5.71. The smallest absolute Gasteiger partial charge is 0.0603 e. The van der Waals surface area contributed by atoms with E-state index in [1.54, 1.807) is 0 Å². The highest BCUT2D eigenvalue weighted by Gasteiger charge is 2.23. The minimum absolute atomic E-state index is 0.519. The number of hydrogen-bond acceptors (Lipinski definition) is 2. The standard InChI is InChI=1S/C17H27NO/c1-2-15-7-3-4-8-17(15)19-13-5-6-14-9-11-16(18)12-10-14/h9-12,15,17H,2-8,13,18H2,1H3. The van der Waals surface area contributed by atoms with Gasteiger partial charge in [0.15, 0.2) is 0 Å². The van der Waals surface area contributed by atoms with Crippen LogP contribution >= 0.6 is 0 Å². The molecule has 19 heavy (non-hydrogen) atoms. The van der Waals surface area contributed by atoms with Gasteiger partial charge < -0.3 is 10.5 Å². The van der Waals surface area contributed by atoms with Gasteiger partial charge in [0, 0.05) is 12.3 Å². The minimum atomic E-state index is 0.519. The maximum absolute atomic E-state index is 6.11. The van der Waals surface area contributed by atoms with E-state index in [2.05, 4.69) is 19.1 Å². The quantitative estimate of drug-likeness (QED) is 0.615. The molecule has 0 aromatic heterocycles. The second-order valence-corrected chi connectivity index (χ2v) is 5.71. The van der Waals surface area contributed by atoms with Gasteiger partial charge in [-0.05, 0) is 49.3 Å². The van der Waals surface area contributed by atoms with Crippen LogP contribution in [0.3, 0.4) is 0 Å². The lowest BCUT2D eigenvalue weighted by atomic mass is 9.85.